The molecule has 1 N–H and O–H groups in total. The van der Waals surface area contributed by atoms with Gasteiger partial charge in [-0.1, -0.05) is 38.4 Å². The van der Waals surface area contributed by atoms with Crippen molar-refractivity contribution in [3.8, 4) is 0 Å². The highest BCUT2D eigenvalue weighted by Gasteiger charge is 2.09. The van der Waals surface area contributed by atoms with Crippen LogP contribution in [0.4, 0.5) is 5.69 Å². The Kier molecular flexibility index (Phi) is 3.43. The largest absolute Gasteiger partial charge is 0.384 e. The molecule has 0 atom stereocenters. The number of hydrogen-bond donors (Lipinski definition) is 1. The molecular formula is C12H18ClN. The quantitative estimate of drug-likeness (QED) is 0.777. The van der Waals surface area contributed by atoms with Crippen molar-refractivity contribution in [1.29, 1.82) is 0 Å². The van der Waals surface area contributed by atoms with Crippen LogP contribution in [0.5, 0.6) is 0 Å². The topological polar surface area (TPSA) is 12.0 Å². The molecule has 14 heavy (non-hydrogen) atoms. The number of anilines is 1. The molecule has 0 aliphatic rings. The van der Waals surface area contributed by atoms with Crippen LogP contribution in [-0.4, -0.2) is 6.54 Å². The van der Waals surface area contributed by atoms with Crippen LogP contribution >= 0.6 is 11.6 Å². The third-order valence-electron chi connectivity index (χ3n) is 1.99. The second-order valence-electron chi connectivity index (χ2n) is 4.88. The summed E-state index contributed by atoms with van der Waals surface area (Å²) >= 11 is 6.02. The molecule has 2 heteroatoms. The van der Waals surface area contributed by atoms with E-state index in [1.165, 1.54) is 0 Å². The molecule has 78 valence electrons. The summed E-state index contributed by atoms with van der Waals surface area (Å²) in [6.07, 6.45) is 0. The Morgan fingerprint density at radius 2 is 1.93 bits per heavy atom. The van der Waals surface area contributed by atoms with E-state index in [2.05, 4.69) is 32.2 Å². The number of halogens is 1. The fourth-order valence-corrected chi connectivity index (χ4v) is 1.25. The van der Waals surface area contributed by atoms with Gasteiger partial charge in [-0.05, 0) is 30.0 Å². The lowest BCUT2D eigenvalue weighted by Gasteiger charge is -2.19. The Morgan fingerprint density at radius 1 is 1.29 bits per heavy atom. The first-order valence-corrected chi connectivity index (χ1v) is 5.26. The minimum Gasteiger partial charge on any atom is -0.384 e. The van der Waals surface area contributed by atoms with Crippen molar-refractivity contribution in [3.63, 3.8) is 0 Å². The van der Waals surface area contributed by atoms with Gasteiger partial charge < -0.3 is 5.32 Å². The fourth-order valence-electron chi connectivity index (χ4n) is 1.07. The minimum absolute atomic E-state index is 0.289. The van der Waals surface area contributed by atoms with E-state index >= 15 is 0 Å². The zero-order chi connectivity index (χ0) is 10.8. The summed E-state index contributed by atoms with van der Waals surface area (Å²) in [4.78, 5) is 0. The lowest BCUT2D eigenvalue weighted by Crippen LogP contribution is -2.18. The molecule has 1 nitrogen and oxygen atoms in total. The van der Waals surface area contributed by atoms with E-state index in [0.29, 0.717) is 0 Å². The molecule has 1 rings (SSSR count). The van der Waals surface area contributed by atoms with Crippen molar-refractivity contribution < 1.29 is 0 Å². The normalized spacial score (nSPS) is 11.5. The molecule has 0 unspecified atom stereocenters. The third-order valence-corrected chi connectivity index (χ3v) is 2.40. The van der Waals surface area contributed by atoms with Gasteiger partial charge in [-0.15, -0.1) is 0 Å². The van der Waals surface area contributed by atoms with E-state index in [1.807, 2.05) is 19.1 Å². The standard InChI is InChI=1S/C12H18ClN/c1-9-5-6-10(7-11(9)13)14-8-12(2,3)4/h5-7,14H,8H2,1-4H3. The molecule has 0 amide bonds. The maximum atomic E-state index is 6.02. The summed E-state index contributed by atoms with van der Waals surface area (Å²) in [5.74, 6) is 0. The van der Waals surface area contributed by atoms with Crippen molar-refractivity contribution in [3.05, 3.63) is 28.8 Å². The fraction of sp³-hybridized carbons (Fsp3) is 0.500. The molecule has 0 aliphatic carbocycles. The summed E-state index contributed by atoms with van der Waals surface area (Å²) in [6, 6.07) is 6.07. The highest BCUT2D eigenvalue weighted by molar-refractivity contribution is 6.31. The molecule has 0 saturated heterocycles. The monoisotopic (exact) mass is 211 g/mol. The molecule has 0 aliphatic heterocycles. The molecular weight excluding hydrogens is 194 g/mol. The smallest absolute Gasteiger partial charge is 0.0455 e. The van der Waals surface area contributed by atoms with E-state index in [-0.39, 0.29) is 5.41 Å². The van der Waals surface area contributed by atoms with Gasteiger partial charge in [0, 0.05) is 17.3 Å². The Morgan fingerprint density at radius 3 is 2.43 bits per heavy atom. The van der Waals surface area contributed by atoms with E-state index in [1.54, 1.807) is 0 Å². The van der Waals surface area contributed by atoms with Crippen molar-refractivity contribution in [2.75, 3.05) is 11.9 Å². The summed E-state index contributed by atoms with van der Waals surface area (Å²) in [5, 5.41) is 4.19. The highest BCUT2D eigenvalue weighted by Crippen LogP contribution is 2.21. The molecule has 0 fully saturated rings. The lowest BCUT2D eigenvalue weighted by molar-refractivity contribution is 0.443. The van der Waals surface area contributed by atoms with Gasteiger partial charge in [0.2, 0.25) is 0 Å². The molecule has 0 saturated carbocycles. The van der Waals surface area contributed by atoms with Crippen molar-refractivity contribution >= 4 is 17.3 Å². The van der Waals surface area contributed by atoms with E-state index < -0.39 is 0 Å². The first kappa shape index (κ1) is 11.4. The zero-order valence-electron chi connectivity index (χ0n) is 9.32. The van der Waals surface area contributed by atoms with Gasteiger partial charge in [-0.25, -0.2) is 0 Å². The molecule has 0 spiro atoms. The van der Waals surface area contributed by atoms with Gasteiger partial charge in [-0.2, -0.15) is 0 Å². The second kappa shape index (κ2) is 4.22. The summed E-state index contributed by atoms with van der Waals surface area (Å²) < 4.78 is 0. The Hall–Kier alpha value is -0.690. The van der Waals surface area contributed by atoms with Crippen molar-refractivity contribution in [1.82, 2.24) is 0 Å². The van der Waals surface area contributed by atoms with Crippen LogP contribution in [-0.2, 0) is 0 Å². The predicted molar refractivity (Wildman–Crippen MR) is 64.1 cm³/mol. The van der Waals surface area contributed by atoms with Crippen LogP contribution < -0.4 is 5.32 Å². The van der Waals surface area contributed by atoms with Crippen LogP contribution in [0, 0.1) is 12.3 Å². The molecule has 1 aromatic rings. The number of hydrogen-bond acceptors (Lipinski definition) is 1. The molecule has 0 radical (unpaired) electrons. The summed E-state index contributed by atoms with van der Waals surface area (Å²) in [7, 11) is 0. The van der Waals surface area contributed by atoms with Crippen molar-refractivity contribution in [2.45, 2.75) is 27.7 Å². The highest BCUT2D eigenvalue weighted by atomic mass is 35.5. The van der Waals surface area contributed by atoms with Crippen LogP contribution in [0.2, 0.25) is 5.02 Å². The maximum absolute atomic E-state index is 6.02. The number of rotatable bonds is 2. The molecule has 0 bridgehead atoms. The maximum Gasteiger partial charge on any atom is 0.0455 e. The van der Waals surface area contributed by atoms with Gasteiger partial charge in [0.25, 0.3) is 0 Å². The van der Waals surface area contributed by atoms with Gasteiger partial charge >= 0.3 is 0 Å². The summed E-state index contributed by atoms with van der Waals surface area (Å²) in [6.45, 7) is 9.57. The number of nitrogens with one attached hydrogen (secondary N) is 1. The Bertz CT molecular complexity index is 313. The number of benzene rings is 1. The van der Waals surface area contributed by atoms with E-state index in [4.69, 9.17) is 11.6 Å². The zero-order valence-corrected chi connectivity index (χ0v) is 10.1. The Balaban J connectivity index is 2.65. The number of aryl methyl sites for hydroxylation is 1. The van der Waals surface area contributed by atoms with E-state index in [9.17, 15) is 0 Å². The second-order valence-corrected chi connectivity index (χ2v) is 5.29. The van der Waals surface area contributed by atoms with Gasteiger partial charge in [0.1, 0.15) is 0 Å². The average Bonchev–Trinajstić information content (AvgIpc) is 2.06. The van der Waals surface area contributed by atoms with Gasteiger partial charge in [-0.3, -0.25) is 0 Å². The predicted octanol–water partition coefficient (Wildman–Crippen LogP) is 4.11. The minimum atomic E-state index is 0.289. The Labute approximate surface area is 91.5 Å². The summed E-state index contributed by atoms with van der Waals surface area (Å²) in [5.41, 5.74) is 2.50. The molecule has 0 heterocycles. The van der Waals surface area contributed by atoms with Gasteiger partial charge in [0.05, 0.1) is 0 Å². The van der Waals surface area contributed by atoms with Crippen LogP contribution in [0.15, 0.2) is 18.2 Å². The van der Waals surface area contributed by atoms with Crippen LogP contribution in [0.25, 0.3) is 0 Å². The van der Waals surface area contributed by atoms with Crippen molar-refractivity contribution in [2.24, 2.45) is 5.41 Å². The third kappa shape index (κ3) is 3.59. The van der Waals surface area contributed by atoms with E-state index in [0.717, 1.165) is 22.8 Å². The molecule has 0 aromatic heterocycles. The van der Waals surface area contributed by atoms with Gasteiger partial charge in [0.15, 0.2) is 0 Å². The van der Waals surface area contributed by atoms with Crippen LogP contribution in [0.1, 0.15) is 26.3 Å². The SMILES string of the molecule is Cc1ccc(NCC(C)(C)C)cc1Cl. The first-order chi connectivity index (χ1) is 6.38. The first-order valence-electron chi connectivity index (χ1n) is 4.88. The van der Waals surface area contributed by atoms with Crippen LogP contribution in [0.3, 0.4) is 0 Å². The average molecular weight is 212 g/mol. The lowest BCUT2D eigenvalue weighted by atomic mass is 9.97. The molecule has 1 aromatic carbocycles.